The van der Waals surface area contributed by atoms with Crippen LogP contribution in [0.25, 0.3) is 0 Å². The number of fused-ring (bicyclic) bond motifs is 2. The third-order valence-corrected chi connectivity index (χ3v) is 4.74. The van der Waals surface area contributed by atoms with Crippen molar-refractivity contribution >= 4 is 15.9 Å². The first-order chi connectivity index (χ1) is 8.26. The number of likely N-dealkylation sites (tertiary alicyclic amines) is 1. The summed E-state index contributed by atoms with van der Waals surface area (Å²) in [5.74, 6) is 1.89. The van der Waals surface area contributed by atoms with Gasteiger partial charge in [-0.3, -0.25) is 4.90 Å². The molecule has 1 aromatic rings. The highest BCUT2D eigenvalue weighted by atomic mass is 79.9. The van der Waals surface area contributed by atoms with Crippen LogP contribution in [0, 0.1) is 5.92 Å². The standard InChI is InChI=1S/C14H18BrNO/c1-17-14-5-3-11(7-13(14)15)9-16-8-10-2-4-12(16)6-10/h3,5,7,10,12H,2,4,6,8-9H2,1H3. The molecule has 0 aromatic heterocycles. The fourth-order valence-electron chi connectivity index (χ4n) is 3.26. The predicted molar refractivity (Wildman–Crippen MR) is 72.2 cm³/mol. The van der Waals surface area contributed by atoms with Crippen LogP contribution < -0.4 is 4.74 Å². The molecular weight excluding hydrogens is 278 g/mol. The molecule has 0 spiro atoms. The molecule has 0 amide bonds. The Morgan fingerprint density at radius 2 is 2.29 bits per heavy atom. The van der Waals surface area contributed by atoms with Crippen LogP contribution in [0.3, 0.4) is 0 Å². The Morgan fingerprint density at radius 1 is 1.41 bits per heavy atom. The zero-order valence-electron chi connectivity index (χ0n) is 10.2. The van der Waals surface area contributed by atoms with Crippen LogP contribution in [-0.2, 0) is 6.54 Å². The molecule has 2 unspecified atom stereocenters. The fourth-order valence-corrected chi connectivity index (χ4v) is 3.85. The molecule has 0 radical (unpaired) electrons. The highest BCUT2D eigenvalue weighted by Gasteiger charge is 2.37. The summed E-state index contributed by atoms with van der Waals surface area (Å²) in [6.45, 7) is 2.39. The van der Waals surface area contributed by atoms with E-state index in [-0.39, 0.29) is 0 Å². The number of nitrogens with zero attached hydrogens (tertiary/aromatic N) is 1. The predicted octanol–water partition coefficient (Wildman–Crippen LogP) is 3.44. The molecule has 3 heteroatoms. The Labute approximate surface area is 111 Å². The summed E-state index contributed by atoms with van der Waals surface area (Å²) in [5, 5.41) is 0. The highest BCUT2D eigenvalue weighted by Crippen LogP contribution is 2.38. The number of benzene rings is 1. The minimum absolute atomic E-state index is 0.848. The van der Waals surface area contributed by atoms with Crippen LogP contribution in [0.15, 0.2) is 22.7 Å². The van der Waals surface area contributed by atoms with Gasteiger partial charge in [0, 0.05) is 19.1 Å². The second-order valence-electron chi connectivity index (χ2n) is 5.23. The van der Waals surface area contributed by atoms with Crippen molar-refractivity contribution in [3.8, 4) is 5.75 Å². The zero-order chi connectivity index (χ0) is 11.8. The minimum Gasteiger partial charge on any atom is -0.496 e. The highest BCUT2D eigenvalue weighted by molar-refractivity contribution is 9.10. The van der Waals surface area contributed by atoms with E-state index in [1.807, 2.05) is 6.07 Å². The number of ether oxygens (including phenoxy) is 1. The van der Waals surface area contributed by atoms with Gasteiger partial charge < -0.3 is 4.74 Å². The van der Waals surface area contributed by atoms with E-state index >= 15 is 0 Å². The lowest BCUT2D eigenvalue weighted by molar-refractivity contribution is 0.205. The number of halogens is 1. The summed E-state index contributed by atoms with van der Waals surface area (Å²) < 4.78 is 6.32. The van der Waals surface area contributed by atoms with Gasteiger partial charge in [0.15, 0.2) is 0 Å². The number of rotatable bonds is 3. The van der Waals surface area contributed by atoms with Gasteiger partial charge in [-0.2, -0.15) is 0 Å². The van der Waals surface area contributed by atoms with Crippen molar-refractivity contribution in [2.24, 2.45) is 5.92 Å². The third kappa shape index (κ3) is 2.23. The number of piperidine rings is 1. The third-order valence-electron chi connectivity index (χ3n) is 4.12. The fraction of sp³-hybridized carbons (Fsp3) is 0.571. The Bertz CT molecular complexity index is 421. The van der Waals surface area contributed by atoms with Crippen LogP contribution >= 0.6 is 15.9 Å². The van der Waals surface area contributed by atoms with Gasteiger partial charge in [-0.1, -0.05) is 6.07 Å². The lowest BCUT2D eigenvalue weighted by atomic mass is 10.1. The molecule has 1 aliphatic carbocycles. The summed E-state index contributed by atoms with van der Waals surface area (Å²) in [7, 11) is 1.71. The molecular formula is C14H18BrNO. The Balaban J connectivity index is 1.71. The van der Waals surface area contributed by atoms with E-state index in [9.17, 15) is 0 Å². The molecule has 2 nitrogen and oxygen atoms in total. The smallest absolute Gasteiger partial charge is 0.133 e. The molecule has 1 heterocycles. The normalized spacial score (nSPS) is 27.6. The maximum Gasteiger partial charge on any atom is 0.133 e. The van der Waals surface area contributed by atoms with Gasteiger partial charge in [0.05, 0.1) is 11.6 Å². The van der Waals surface area contributed by atoms with Crippen molar-refractivity contribution in [3.63, 3.8) is 0 Å². The average molecular weight is 296 g/mol. The number of hydrogen-bond acceptors (Lipinski definition) is 2. The van der Waals surface area contributed by atoms with E-state index in [0.29, 0.717) is 0 Å². The molecule has 2 bridgehead atoms. The van der Waals surface area contributed by atoms with E-state index in [4.69, 9.17) is 4.74 Å². The molecule has 0 N–H and O–H groups in total. The zero-order valence-corrected chi connectivity index (χ0v) is 11.7. The molecule has 2 aliphatic rings. The molecule has 1 aliphatic heterocycles. The van der Waals surface area contributed by atoms with Crippen LogP contribution in [0.5, 0.6) is 5.75 Å². The van der Waals surface area contributed by atoms with Crippen molar-refractivity contribution in [2.75, 3.05) is 13.7 Å². The lowest BCUT2D eigenvalue weighted by Crippen LogP contribution is -2.31. The number of methoxy groups -OCH3 is 1. The van der Waals surface area contributed by atoms with Crippen molar-refractivity contribution in [3.05, 3.63) is 28.2 Å². The monoisotopic (exact) mass is 295 g/mol. The molecule has 1 saturated carbocycles. The van der Waals surface area contributed by atoms with Crippen molar-refractivity contribution in [2.45, 2.75) is 31.8 Å². The van der Waals surface area contributed by atoms with E-state index in [1.165, 1.54) is 31.4 Å². The summed E-state index contributed by atoms with van der Waals surface area (Å²) in [5.41, 5.74) is 1.38. The van der Waals surface area contributed by atoms with Crippen LogP contribution in [0.4, 0.5) is 0 Å². The second-order valence-corrected chi connectivity index (χ2v) is 6.09. The van der Waals surface area contributed by atoms with Crippen molar-refractivity contribution < 1.29 is 4.74 Å². The van der Waals surface area contributed by atoms with Gasteiger partial charge in [-0.15, -0.1) is 0 Å². The van der Waals surface area contributed by atoms with Crippen LogP contribution in [0.2, 0.25) is 0 Å². The molecule has 92 valence electrons. The maximum atomic E-state index is 5.26. The van der Waals surface area contributed by atoms with E-state index in [2.05, 4.69) is 33.0 Å². The first kappa shape index (κ1) is 11.5. The van der Waals surface area contributed by atoms with Gasteiger partial charge in [-0.25, -0.2) is 0 Å². The number of hydrogen-bond donors (Lipinski definition) is 0. The molecule has 17 heavy (non-hydrogen) atoms. The second kappa shape index (κ2) is 4.62. The topological polar surface area (TPSA) is 12.5 Å². The summed E-state index contributed by atoms with van der Waals surface area (Å²) >= 11 is 3.55. The van der Waals surface area contributed by atoms with Crippen LogP contribution in [-0.4, -0.2) is 24.6 Å². The molecule has 2 atom stereocenters. The van der Waals surface area contributed by atoms with Gasteiger partial charge in [0.25, 0.3) is 0 Å². The van der Waals surface area contributed by atoms with E-state index in [1.54, 1.807) is 7.11 Å². The van der Waals surface area contributed by atoms with E-state index < -0.39 is 0 Å². The Kier molecular flexibility index (Phi) is 3.14. The Morgan fingerprint density at radius 3 is 2.88 bits per heavy atom. The molecule has 2 fully saturated rings. The van der Waals surface area contributed by atoms with Crippen LogP contribution in [0.1, 0.15) is 24.8 Å². The summed E-state index contributed by atoms with van der Waals surface area (Å²) in [6, 6.07) is 7.26. The molecule has 3 rings (SSSR count). The SMILES string of the molecule is COc1ccc(CN2CC3CCC2C3)cc1Br. The first-order valence-corrected chi connectivity index (χ1v) is 7.12. The molecule has 1 aromatic carbocycles. The van der Waals surface area contributed by atoms with Gasteiger partial charge in [0.2, 0.25) is 0 Å². The maximum absolute atomic E-state index is 5.26. The van der Waals surface area contributed by atoms with Crippen molar-refractivity contribution in [1.29, 1.82) is 0 Å². The average Bonchev–Trinajstić information content (AvgIpc) is 2.91. The first-order valence-electron chi connectivity index (χ1n) is 6.32. The lowest BCUT2D eigenvalue weighted by Gasteiger charge is -2.26. The quantitative estimate of drug-likeness (QED) is 0.847. The van der Waals surface area contributed by atoms with Gasteiger partial charge >= 0.3 is 0 Å². The largest absolute Gasteiger partial charge is 0.496 e. The van der Waals surface area contributed by atoms with E-state index in [0.717, 1.165) is 28.7 Å². The summed E-state index contributed by atoms with van der Waals surface area (Å²) in [6.07, 6.45) is 4.28. The molecule has 1 saturated heterocycles. The van der Waals surface area contributed by atoms with Gasteiger partial charge in [-0.05, 0) is 58.8 Å². The minimum atomic E-state index is 0.848. The Hall–Kier alpha value is -0.540. The van der Waals surface area contributed by atoms with Crippen molar-refractivity contribution in [1.82, 2.24) is 4.90 Å². The van der Waals surface area contributed by atoms with Gasteiger partial charge in [0.1, 0.15) is 5.75 Å². The summed E-state index contributed by atoms with van der Waals surface area (Å²) in [4.78, 5) is 2.64.